The van der Waals surface area contributed by atoms with Crippen LogP contribution in [0.5, 0.6) is 11.5 Å². The molecule has 0 saturated carbocycles. The second-order valence-electron chi connectivity index (χ2n) is 22.4. The number of aryl methyl sites for hydroxylation is 1. The van der Waals surface area contributed by atoms with Gasteiger partial charge < -0.3 is 76.9 Å². The number of carbonyl (C=O) groups excluding carboxylic acids is 10. The SMILES string of the molecule is CC(C)CC1NC(=O)C(NC(=O)C(NC(=O)C(C)NC(=O)C(CCCc2ccc(O)cc2)NC(=O)C(O)CO)C(C)C)C(C)OC(=O)C(C(C)C)NC(=O)C(Cc2ccc(O)c(Br)c2)N(C)C(=O)C2C(C)OC3CCC(NC1=O)C(=O)N32. The van der Waals surface area contributed by atoms with Gasteiger partial charge in [0.05, 0.1) is 17.2 Å². The quantitative estimate of drug-likeness (QED) is 0.0829. The van der Waals surface area contributed by atoms with E-state index in [0.29, 0.717) is 22.9 Å². The van der Waals surface area contributed by atoms with Crippen molar-refractivity contribution < 1.29 is 77.8 Å². The molecule has 452 valence electrons. The number of nitrogens with zero attached hydrogens (tertiary/aromatic N) is 2. The van der Waals surface area contributed by atoms with Gasteiger partial charge in [0.25, 0.3) is 5.91 Å². The number of esters is 1. The van der Waals surface area contributed by atoms with Crippen LogP contribution in [0.25, 0.3) is 0 Å². The van der Waals surface area contributed by atoms with Gasteiger partial charge in [-0.2, -0.15) is 0 Å². The van der Waals surface area contributed by atoms with Crippen molar-refractivity contribution in [3.8, 4) is 11.5 Å². The maximum absolute atomic E-state index is 14.8. The second kappa shape index (κ2) is 29.4. The number of aliphatic hydroxyl groups excluding tert-OH is 2. The third-order valence-electron chi connectivity index (χ3n) is 14.7. The van der Waals surface area contributed by atoms with Gasteiger partial charge in [-0.05, 0) is 128 Å². The molecule has 3 aliphatic heterocycles. The van der Waals surface area contributed by atoms with E-state index in [-0.39, 0.29) is 49.5 Å². The highest BCUT2D eigenvalue weighted by Gasteiger charge is 2.53. The molecule has 3 saturated heterocycles. The predicted octanol–water partition coefficient (Wildman–Crippen LogP) is 0.0586. The first-order chi connectivity index (χ1) is 38.5. The first-order valence-electron chi connectivity index (χ1n) is 27.6. The zero-order valence-electron chi connectivity index (χ0n) is 47.9. The molecule has 0 aliphatic carbocycles. The largest absolute Gasteiger partial charge is 0.508 e. The zero-order valence-corrected chi connectivity index (χ0v) is 49.5. The van der Waals surface area contributed by atoms with Crippen LogP contribution in [0.1, 0.15) is 106 Å². The molecule has 0 spiro atoms. The molecular formula is C56H80BrN9O16. The predicted molar refractivity (Wildman–Crippen MR) is 298 cm³/mol. The summed E-state index contributed by atoms with van der Waals surface area (Å²) in [6, 6.07) is -1.65. The minimum Gasteiger partial charge on any atom is -0.508 e. The smallest absolute Gasteiger partial charge is 0.329 e. The Labute approximate surface area is 485 Å². The molecule has 26 heteroatoms. The minimum atomic E-state index is -1.85. The number of ether oxygens (including phenoxy) is 2. The van der Waals surface area contributed by atoms with Gasteiger partial charge in [-0.3, -0.25) is 43.2 Å². The lowest BCUT2D eigenvalue weighted by atomic mass is 9.97. The summed E-state index contributed by atoms with van der Waals surface area (Å²) < 4.78 is 12.4. The van der Waals surface area contributed by atoms with Gasteiger partial charge in [0.15, 0.2) is 6.10 Å². The number of amides is 9. The summed E-state index contributed by atoms with van der Waals surface area (Å²) in [4.78, 5) is 145. The molecule has 0 aromatic heterocycles. The third kappa shape index (κ3) is 17.1. The minimum absolute atomic E-state index is 0.0171. The first-order valence-corrected chi connectivity index (χ1v) is 28.4. The van der Waals surface area contributed by atoms with Crippen LogP contribution in [0.3, 0.4) is 0 Å². The Kier molecular flexibility index (Phi) is 23.6. The van der Waals surface area contributed by atoms with Gasteiger partial charge in [-0.1, -0.05) is 59.7 Å². The van der Waals surface area contributed by atoms with E-state index < -0.39 is 156 Å². The molecule has 3 aliphatic rings. The Morgan fingerprint density at radius 3 is 2.04 bits per heavy atom. The lowest BCUT2D eigenvalue weighted by molar-refractivity contribution is -0.158. The average Bonchev–Trinajstić information content (AvgIpc) is 3.84. The summed E-state index contributed by atoms with van der Waals surface area (Å²) in [5, 5.41) is 57.5. The fourth-order valence-corrected chi connectivity index (χ4v) is 10.4. The standard InChI is InChI=1S/C56H80BrN9O16/c1-26(2)22-38-49(73)60-37-19-21-42-66(54(37)78)46(31(9)81-42)55(79)65(10)39(24-33-16-20-40(69)35(57)23-33)50(74)63-44(28(5)6)56(80)82-30(8)45(53(77)61-38)64-52(76)43(27(3)4)62-47(71)29(7)58-48(72)36(59-51(75)41(70)25-67)13-11-12-32-14-17-34(68)18-15-32/h14-18,20,23,26-31,36-39,41-46,67-70H,11-13,19,21-22,24-25H2,1-10H3,(H,58,72)(H,59,75)(H,60,73)(H,61,77)(H,62,71)(H,63,74)(H,64,76). The molecular weight excluding hydrogens is 1130 g/mol. The lowest BCUT2D eigenvalue weighted by Crippen LogP contribution is -2.64. The molecule has 3 fully saturated rings. The molecule has 0 radical (unpaired) electrons. The van der Waals surface area contributed by atoms with Crippen LogP contribution in [-0.2, 0) is 70.3 Å². The maximum Gasteiger partial charge on any atom is 0.329 e. The van der Waals surface area contributed by atoms with Gasteiger partial charge in [0.2, 0.25) is 47.3 Å². The Hall–Kier alpha value is -6.90. The number of phenols is 2. The summed E-state index contributed by atoms with van der Waals surface area (Å²) in [5.74, 6) is -10.4. The van der Waals surface area contributed by atoms with Crippen molar-refractivity contribution in [2.45, 2.75) is 186 Å². The molecule has 2 bridgehead atoms. The highest BCUT2D eigenvalue weighted by atomic mass is 79.9. The van der Waals surface area contributed by atoms with Crippen molar-refractivity contribution in [2.75, 3.05) is 13.7 Å². The molecule has 13 atom stereocenters. The van der Waals surface area contributed by atoms with Crippen molar-refractivity contribution in [2.24, 2.45) is 17.8 Å². The van der Waals surface area contributed by atoms with E-state index in [1.807, 2.05) is 0 Å². The third-order valence-corrected chi connectivity index (χ3v) is 15.4. The van der Waals surface area contributed by atoms with Crippen molar-refractivity contribution in [3.05, 3.63) is 58.1 Å². The number of hydrogen-bond acceptors (Lipinski definition) is 16. The van der Waals surface area contributed by atoms with E-state index >= 15 is 0 Å². The maximum atomic E-state index is 14.8. The van der Waals surface area contributed by atoms with Gasteiger partial charge >= 0.3 is 5.97 Å². The highest BCUT2D eigenvalue weighted by Crippen LogP contribution is 2.34. The molecule has 9 amide bonds. The summed E-state index contributed by atoms with van der Waals surface area (Å²) in [6.07, 6.45) is -4.20. The van der Waals surface area contributed by atoms with Crippen molar-refractivity contribution >= 4 is 75.1 Å². The Balaban J connectivity index is 1.46. The summed E-state index contributed by atoms with van der Waals surface area (Å²) in [5.41, 5.74) is 1.30. The number of halogens is 1. The van der Waals surface area contributed by atoms with Crippen LogP contribution < -0.4 is 37.2 Å². The normalized spacial score (nSPS) is 25.3. The number of rotatable bonds is 19. The number of fused-ring (bicyclic) bond motifs is 1. The highest BCUT2D eigenvalue weighted by molar-refractivity contribution is 9.10. The first kappa shape index (κ1) is 65.9. The van der Waals surface area contributed by atoms with Crippen LogP contribution in [0.4, 0.5) is 0 Å². The van der Waals surface area contributed by atoms with Gasteiger partial charge in [-0.25, -0.2) is 4.79 Å². The second-order valence-corrected chi connectivity index (χ2v) is 23.3. The Morgan fingerprint density at radius 2 is 1.43 bits per heavy atom. The monoisotopic (exact) mass is 1210 g/mol. The number of phenolic OH excluding ortho intramolecular Hbond substituents is 2. The fourth-order valence-electron chi connectivity index (χ4n) is 9.95. The van der Waals surface area contributed by atoms with Crippen LogP contribution in [0.15, 0.2) is 46.9 Å². The molecule has 2 aromatic rings. The number of cyclic esters (lactones) is 1. The number of piperidine rings is 1. The fraction of sp³-hybridized carbons (Fsp3) is 0.607. The van der Waals surface area contributed by atoms with E-state index in [1.165, 1.54) is 44.0 Å². The molecule has 82 heavy (non-hydrogen) atoms. The van der Waals surface area contributed by atoms with Crippen LogP contribution >= 0.6 is 15.9 Å². The molecule has 5 rings (SSSR count). The summed E-state index contributed by atoms with van der Waals surface area (Å²) >= 11 is 3.30. The van der Waals surface area contributed by atoms with E-state index in [9.17, 15) is 68.4 Å². The molecule has 3 heterocycles. The van der Waals surface area contributed by atoms with Gasteiger partial charge in [-0.15, -0.1) is 0 Å². The van der Waals surface area contributed by atoms with Crippen LogP contribution in [0.2, 0.25) is 0 Å². The lowest BCUT2D eigenvalue weighted by Gasteiger charge is -2.38. The molecule has 11 N–H and O–H groups in total. The van der Waals surface area contributed by atoms with Crippen LogP contribution in [-0.4, -0.2) is 182 Å². The number of aliphatic hydroxyl groups is 2. The number of carbonyl (C=O) groups is 10. The van der Waals surface area contributed by atoms with Crippen molar-refractivity contribution in [3.63, 3.8) is 0 Å². The van der Waals surface area contributed by atoms with Gasteiger partial charge in [0.1, 0.15) is 78.2 Å². The topological polar surface area (TPSA) is 361 Å². The van der Waals surface area contributed by atoms with Crippen molar-refractivity contribution in [1.29, 1.82) is 0 Å². The van der Waals surface area contributed by atoms with Crippen molar-refractivity contribution in [1.82, 2.24) is 47.0 Å². The zero-order chi connectivity index (χ0) is 61.0. The average molecular weight is 1220 g/mol. The Bertz CT molecular complexity index is 2660. The van der Waals surface area contributed by atoms with Gasteiger partial charge in [0, 0.05) is 13.5 Å². The van der Waals surface area contributed by atoms with E-state index in [2.05, 4.69) is 53.1 Å². The number of aromatic hydroxyl groups is 2. The van der Waals surface area contributed by atoms with E-state index in [4.69, 9.17) is 9.47 Å². The van der Waals surface area contributed by atoms with Crippen LogP contribution in [0, 0.1) is 17.8 Å². The number of likely N-dealkylation sites (N-methyl/N-ethyl adjacent to an activating group) is 1. The number of hydrogen-bond donors (Lipinski definition) is 11. The molecule has 2 aromatic carbocycles. The van der Waals surface area contributed by atoms with E-state index in [1.54, 1.807) is 72.7 Å². The number of benzene rings is 2. The summed E-state index contributed by atoms with van der Waals surface area (Å²) in [7, 11) is 1.38. The number of nitrogens with one attached hydrogen (secondary N) is 7. The summed E-state index contributed by atoms with van der Waals surface area (Å²) in [6.45, 7) is 13.3. The van der Waals surface area contributed by atoms with E-state index in [0.717, 1.165) is 10.5 Å². The molecule has 13 unspecified atom stereocenters. The Morgan fingerprint density at radius 1 is 0.768 bits per heavy atom. The molecule has 25 nitrogen and oxygen atoms in total.